The first-order valence-electron chi connectivity index (χ1n) is 11.7. The van der Waals surface area contributed by atoms with E-state index >= 15 is 0 Å². The zero-order valence-corrected chi connectivity index (χ0v) is 18.5. The fraction of sp³-hybridized carbons (Fsp3) is 0.440. The normalized spacial score (nSPS) is 15.0. The van der Waals surface area contributed by atoms with Crippen LogP contribution in [0.2, 0.25) is 0 Å². The lowest BCUT2D eigenvalue weighted by molar-refractivity contribution is -0.159. The SMILES string of the molecule is [2H]C([2H])([2H])Oc1c(OC)ccc(-c2cccc3c2CCC3=O)c1OCC(C)(C)C(=O)OC(C)C. The highest BCUT2D eigenvalue weighted by molar-refractivity contribution is 6.02. The Bertz CT molecular complexity index is 1090. The van der Waals surface area contributed by atoms with Gasteiger partial charge in [0, 0.05) is 17.5 Å². The van der Waals surface area contributed by atoms with E-state index < -0.39 is 18.4 Å². The molecule has 31 heavy (non-hydrogen) atoms. The van der Waals surface area contributed by atoms with E-state index in [0.717, 1.165) is 11.1 Å². The van der Waals surface area contributed by atoms with Gasteiger partial charge in [-0.3, -0.25) is 9.59 Å². The molecule has 6 nitrogen and oxygen atoms in total. The van der Waals surface area contributed by atoms with Gasteiger partial charge < -0.3 is 18.9 Å². The van der Waals surface area contributed by atoms with Crippen LogP contribution in [0.15, 0.2) is 30.3 Å². The molecule has 0 bridgehead atoms. The predicted octanol–water partition coefficient (Wildman–Crippen LogP) is 4.86. The largest absolute Gasteiger partial charge is 0.493 e. The number of carbonyl (C=O) groups excluding carboxylic acids is 2. The molecule has 3 rings (SSSR count). The third kappa shape index (κ3) is 4.53. The lowest BCUT2D eigenvalue weighted by Gasteiger charge is -2.26. The van der Waals surface area contributed by atoms with E-state index in [0.29, 0.717) is 24.0 Å². The number of ketones is 1. The smallest absolute Gasteiger partial charge is 0.315 e. The molecule has 0 N–H and O–H groups in total. The van der Waals surface area contributed by atoms with Crippen molar-refractivity contribution in [2.24, 2.45) is 5.41 Å². The number of carbonyl (C=O) groups is 2. The van der Waals surface area contributed by atoms with Crippen LogP contribution < -0.4 is 14.2 Å². The molecule has 166 valence electrons. The Labute approximate surface area is 187 Å². The summed E-state index contributed by atoms with van der Waals surface area (Å²) in [5.74, 6) is -0.203. The number of rotatable bonds is 8. The van der Waals surface area contributed by atoms with Crippen molar-refractivity contribution in [1.29, 1.82) is 0 Å². The first kappa shape index (κ1) is 18.7. The molecule has 6 heteroatoms. The quantitative estimate of drug-likeness (QED) is 0.558. The van der Waals surface area contributed by atoms with Crippen LogP contribution in [-0.4, -0.2) is 38.6 Å². The van der Waals surface area contributed by atoms with E-state index in [1.54, 1.807) is 52.0 Å². The van der Waals surface area contributed by atoms with Gasteiger partial charge in [-0.05, 0) is 57.4 Å². The topological polar surface area (TPSA) is 71.1 Å². The summed E-state index contributed by atoms with van der Waals surface area (Å²) in [6.07, 6.45) is 0.682. The number of esters is 1. The molecule has 0 heterocycles. The van der Waals surface area contributed by atoms with Gasteiger partial charge in [-0.2, -0.15) is 0 Å². The van der Waals surface area contributed by atoms with E-state index in [-0.39, 0.29) is 35.7 Å². The van der Waals surface area contributed by atoms with Gasteiger partial charge in [0.15, 0.2) is 17.3 Å². The van der Waals surface area contributed by atoms with Crippen molar-refractivity contribution in [1.82, 2.24) is 0 Å². The van der Waals surface area contributed by atoms with Gasteiger partial charge >= 0.3 is 5.97 Å². The summed E-state index contributed by atoms with van der Waals surface area (Å²) >= 11 is 0. The number of Topliss-reactive ketones (excluding diaryl/α,β-unsaturated/α-hetero) is 1. The van der Waals surface area contributed by atoms with Gasteiger partial charge in [-0.25, -0.2) is 0 Å². The Morgan fingerprint density at radius 3 is 2.48 bits per heavy atom. The number of fused-ring (bicyclic) bond motifs is 1. The van der Waals surface area contributed by atoms with Gasteiger partial charge in [0.2, 0.25) is 5.75 Å². The molecule has 2 aromatic rings. The maximum absolute atomic E-state index is 12.6. The molecular formula is C25H30O6. The number of benzene rings is 2. The minimum atomic E-state index is -2.77. The minimum absolute atomic E-state index is 0.0596. The van der Waals surface area contributed by atoms with Crippen molar-refractivity contribution >= 4 is 11.8 Å². The molecule has 0 amide bonds. The molecular weight excluding hydrogens is 396 g/mol. The zero-order valence-electron chi connectivity index (χ0n) is 21.5. The van der Waals surface area contributed by atoms with E-state index in [1.807, 2.05) is 6.07 Å². The molecule has 0 aliphatic heterocycles. The van der Waals surface area contributed by atoms with Crippen molar-refractivity contribution in [3.63, 3.8) is 0 Å². The molecule has 1 aliphatic carbocycles. The standard InChI is InChI=1S/C25H30O6/c1-15(2)31-24(27)25(3,4)14-30-22-19(11-13-21(28-5)23(22)29-6)16-8-7-9-18-17(16)10-12-20(18)26/h7-9,11,13,15H,10,12,14H2,1-6H3/i6D3. The molecule has 0 fully saturated rings. The summed E-state index contributed by atoms with van der Waals surface area (Å²) in [6.45, 7) is 6.77. The van der Waals surface area contributed by atoms with Crippen molar-refractivity contribution in [3.05, 3.63) is 41.5 Å². The molecule has 0 unspecified atom stereocenters. The average molecular weight is 430 g/mol. The van der Waals surface area contributed by atoms with Crippen LogP contribution in [0.3, 0.4) is 0 Å². The van der Waals surface area contributed by atoms with Gasteiger partial charge in [0.1, 0.15) is 6.61 Å². The minimum Gasteiger partial charge on any atom is -0.493 e. The highest BCUT2D eigenvalue weighted by atomic mass is 16.6. The zero-order chi connectivity index (χ0) is 25.3. The summed E-state index contributed by atoms with van der Waals surface area (Å²) in [5.41, 5.74) is 1.74. The molecule has 0 spiro atoms. The lowest BCUT2D eigenvalue weighted by Crippen LogP contribution is -2.34. The first-order chi connectivity index (χ1) is 15.8. The Kier molecular flexibility index (Phi) is 5.44. The second-order valence-electron chi connectivity index (χ2n) is 8.46. The van der Waals surface area contributed by atoms with Crippen molar-refractivity contribution < 1.29 is 32.6 Å². The van der Waals surface area contributed by atoms with Crippen LogP contribution in [0.5, 0.6) is 17.2 Å². The second kappa shape index (κ2) is 9.00. The highest BCUT2D eigenvalue weighted by Crippen LogP contribution is 2.47. The Morgan fingerprint density at radius 1 is 1.06 bits per heavy atom. The molecule has 0 atom stereocenters. The number of hydrogen-bond donors (Lipinski definition) is 0. The van der Waals surface area contributed by atoms with Crippen LogP contribution in [0, 0.1) is 5.41 Å². The number of hydrogen-bond acceptors (Lipinski definition) is 6. The summed E-state index contributed by atoms with van der Waals surface area (Å²) in [7, 11) is -1.38. The van der Waals surface area contributed by atoms with Crippen LogP contribution in [0.4, 0.5) is 0 Å². The van der Waals surface area contributed by atoms with E-state index in [9.17, 15) is 9.59 Å². The van der Waals surface area contributed by atoms with E-state index in [4.69, 9.17) is 23.1 Å². The lowest BCUT2D eigenvalue weighted by atomic mass is 9.94. The van der Waals surface area contributed by atoms with Gasteiger partial charge in [-0.15, -0.1) is 0 Å². The fourth-order valence-corrected chi connectivity index (χ4v) is 3.59. The second-order valence-corrected chi connectivity index (χ2v) is 8.46. The molecule has 0 saturated heterocycles. The molecule has 0 aromatic heterocycles. The number of ether oxygens (including phenoxy) is 4. The monoisotopic (exact) mass is 429 g/mol. The number of methoxy groups -OCH3 is 2. The van der Waals surface area contributed by atoms with Gasteiger partial charge in [0.25, 0.3) is 0 Å². The first-order valence-corrected chi connectivity index (χ1v) is 10.2. The molecule has 1 aliphatic rings. The molecule has 2 aromatic carbocycles. The van der Waals surface area contributed by atoms with Crippen molar-refractivity contribution in [2.75, 3.05) is 20.8 Å². The summed E-state index contributed by atoms with van der Waals surface area (Å²) in [5, 5.41) is 0. The molecule has 0 saturated carbocycles. The third-order valence-electron chi connectivity index (χ3n) is 5.24. The third-order valence-corrected chi connectivity index (χ3v) is 5.24. The Morgan fingerprint density at radius 2 is 1.81 bits per heavy atom. The Hall–Kier alpha value is -3.02. The van der Waals surface area contributed by atoms with Crippen LogP contribution >= 0.6 is 0 Å². The summed E-state index contributed by atoms with van der Waals surface area (Å²) in [4.78, 5) is 24.9. The van der Waals surface area contributed by atoms with Gasteiger partial charge in [0.05, 0.1) is 29.8 Å². The van der Waals surface area contributed by atoms with Crippen molar-refractivity contribution in [2.45, 2.75) is 46.6 Å². The van der Waals surface area contributed by atoms with E-state index in [2.05, 4.69) is 0 Å². The average Bonchev–Trinajstić information content (AvgIpc) is 3.12. The van der Waals surface area contributed by atoms with Crippen LogP contribution in [0.1, 0.15) is 54.1 Å². The summed E-state index contributed by atoms with van der Waals surface area (Å²) in [6, 6.07) is 8.74. The predicted molar refractivity (Wildman–Crippen MR) is 118 cm³/mol. The van der Waals surface area contributed by atoms with Crippen molar-refractivity contribution in [3.8, 4) is 28.4 Å². The van der Waals surface area contributed by atoms with Crippen LogP contribution in [-0.2, 0) is 16.0 Å². The van der Waals surface area contributed by atoms with Crippen LogP contribution in [0.25, 0.3) is 11.1 Å². The molecule has 0 radical (unpaired) electrons. The van der Waals surface area contributed by atoms with E-state index in [1.165, 1.54) is 7.11 Å². The maximum atomic E-state index is 12.6. The van der Waals surface area contributed by atoms with Gasteiger partial charge in [-0.1, -0.05) is 18.2 Å². The maximum Gasteiger partial charge on any atom is 0.315 e. The summed E-state index contributed by atoms with van der Waals surface area (Å²) < 4.78 is 45.1. The highest BCUT2D eigenvalue weighted by Gasteiger charge is 2.33. The fourth-order valence-electron chi connectivity index (χ4n) is 3.59. The Balaban J connectivity index is 2.13.